The van der Waals surface area contributed by atoms with Crippen LogP contribution in [-0.4, -0.2) is 220 Å². The molecule has 1 saturated heterocycles. The van der Waals surface area contributed by atoms with Gasteiger partial charge < -0.3 is 72.6 Å². The van der Waals surface area contributed by atoms with Crippen LogP contribution in [0.2, 0.25) is 0 Å². The number of thiophene rings is 1. The Kier molecular flexibility index (Phi) is 33.4. The fraction of sp³-hybridized carbons (Fsp3) is 0.600. The molecule has 0 aliphatic carbocycles. The van der Waals surface area contributed by atoms with Gasteiger partial charge in [-0.2, -0.15) is 8.78 Å². The standard InChI is InChI=1S/C55H78F4N6O17S2/c1-3-10-65(81-4-2)55(68)41-36-45-44(62-46(60)37-41)38-43(83-45)39-63-11-13-64(14-12-63)42-7-5-6-40(35-42)54(67)61-9-16-72-18-20-74-22-24-76-26-28-78-30-32-80-34-33-79-31-29-77-27-25-75-23-21-73-19-17-71-15-8-47(66)82-52-48(56)50(58)53(84(69)70)51(59)49(52)57/h5-7,35-36,38H,3-4,8-34,37,39H2,1-2H3,(H2,60,62)(H,61,67)(H,69,70). The molecule has 0 saturated carbocycles. The number of rotatable bonds is 44. The molecule has 84 heavy (non-hydrogen) atoms. The van der Waals surface area contributed by atoms with E-state index < -0.39 is 57.4 Å². The highest BCUT2D eigenvalue weighted by molar-refractivity contribution is 7.79. The van der Waals surface area contributed by atoms with Crippen molar-refractivity contribution in [3.05, 3.63) is 74.5 Å². The number of amides is 2. The first-order valence-electron chi connectivity index (χ1n) is 27.7. The highest BCUT2D eigenvalue weighted by Gasteiger charge is 2.31. The summed E-state index contributed by atoms with van der Waals surface area (Å²) in [4.78, 5) is 53.4. The molecule has 2 aliphatic heterocycles. The number of ether oxygens (including phenoxy) is 11. The predicted molar refractivity (Wildman–Crippen MR) is 302 cm³/mol. The maximum Gasteiger partial charge on any atom is 0.313 e. The average molecular weight is 1240 g/mol. The van der Waals surface area contributed by atoms with Gasteiger partial charge in [0.15, 0.2) is 22.7 Å². The number of nitrogens with two attached hydrogens (primary N) is 1. The lowest BCUT2D eigenvalue weighted by Gasteiger charge is -2.36. The third-order valence-corrected chi connectivity index (χ3v) is 13.8. The summed E-state index contributed by atoms with van der Waals surface area (Å²) < 4.78 is 134. The van der Waals surface area contributed by atoms with Crippen LogP contribution >= 0.6 is 11.3 Å². The first-order valence-corrected chi connectivity index (χ1v) is 29.6. The monoisotopic (exact) mass is 1230 g/mol. The van der Waals surface area contributed by atoms with E-state index in [9.17, 15) is 36.2 Å². The third-order valence-electron chi connectivity index (χ3n) is 12.1. The zero-order valence-electron chi connectivity index (χ0n) is 47.6. The van der Waals surface area contributed by atoms with Crippen LogP contribution in [0.1, 0.15) is 53.2 Å². The average Bonchev–Trinajstić information content (AvgIpc) is 3.20. The Hall–Kier alpha value is -5.09. The van der Waals surface area contributed by atoms with Crippen LogP contribution in [-0.2, 0) is 79.4 Å². The van der Waals surface area contributed by atoms with Crippen molar-refractivity contribution in [2.75, 3.05) is 183 Å². The molecule has 0 radical (unpaired) electrons. The molecule has 470 valence electrons. The number of esters is 1. The van der Waals surface area contributed by atoms with Gasteiger partial charge in [0.05, 0.1) is 156 Å². The van der Waals surface area contributed by atoms with E-state index in [1.165, 1.54) is 5.06 Å². The summed E-state index contributed by atoms with van der Waals surface area (Å²) in [5, 5.41) is 4.35. The summed E-state index contributed by atoms with van der Waals surface area (Å²) in [6.45, 7) is 15.5. The first-order chi connectivity index (χ1) is 40.8. The molecule has 0 spiro atoms. The van der Waals surface area contributed by atoms with Crippen molar-refractivity contribution < 1.29 is 97.7 Å². The molecule has 2 amide bonds. The van der Waals surface area contributed by atoms with E-state index in [0.29, 0.717) is 136 Å². The molecule has 3 heterocycles. The number of aliphatic imine (C=N–C) groups is 1. The highest BCUT2D eigenvalue weighted by Crippen LogP contribution is 2.36. The number of hydroxylamine groups is 2. The number of amidine groups is 1. The molecule has 3 aromatic rings. The van der Waals surface area contributed by atoms with Crippen molar-refractivity contribution in [1.82, 2.24) is 15.3 Å². The fourth-order valence-corrected chi connectivity index (χ4v) is 9.59. The second-order valence-electron chi connectivity index (χ2n) is 18.3. The van der Waals surface area contributed by atoms with Gasteiger partial charge in [-0.25, -0.2) is 23.0 Å². The number of hydrogen-bond acceptors (Lipinski definition) is 21. The van der Waals surface area contributed by atoms with Gasteiger partial charge >= 0.3 is 5.97 Å². The van der Waals surface area contributed by atoms with Crippen LogP contribution in [0.5, 0.6) is 5.75 Å². The third kappa shape index (κ3) is 25.1. The number of piperazine rings is 1. The summed E-state index contributed by atoms with van der Waals surface area (Å²) >= 11 is -1.73. The first kappa shape index (κ1) is 69.7. The number of hydrogen-bond donors (Lipinski definition) is 3. The lowest BCUT2D eigenvalue weighted by Crippen LogP contribution is -2.45. The Morgan fingerprint density at radius 1 is 0.702 bits per heavy atom. The number of nitrogens with zero attached hydrogens (tertiary/aromatic N) is 4. The van der Waals surface area contributed by atoms with Gasteiger partial charge in [-0.15, -0.1) is 11.3 Å². The van der Waals surface area contributed by atoms with E-state index in [0.717, 1.165) is 60.3 Å². The molecule has 29 heteroatoms. The van der Waals surface area contributed by atoms with Crippen LogP contribution in [0.25, 0.3) is 6.08 Å². The number of benzene rings is 2. The van der Waals surface area contributed by atoms with Gasteiger partial charge in [-0.3, -0.25) is 24.1 Å². The summed E-state index contributed by atoms with van der Waals surface area (Å²) in [6.07, 6.45) is 2.44. The normalized spacial score (nSPS) is 14.0. The lowest BCUT2D eigenvalue weighted by atomic mass is 10.1. The molecule has 2 aliphatic rings. The maximum absolute atomic E-state index is 14.0. The molecule has 1 atom stereocenters. The molecule has 1 unspecified atom stereocenters. The Morgan fingerprint density at radius 2 is 1.20 bits per heavy atom. The molecular formula is C55H78F4N6O17S2. The summed E-state index contributed by atoms with van der Waals surface area (Å²) in [5.41, 5.74) is 9.20. The van der Waals surface area contributed by atoms with Crippen LogP contribution in [0, 0.1) is 23.3 Å². The number of nitrogens with one attached hydrogen (secondary N) is 1. The van der Waals surface area contributed by atoms with Gasteiger partial charge in [0.2, 0.25) is 17.4 Å². The van der Waals surface area contributed by atoms with Crippen LogP contribution in [0.15, 0.2) is 45.8 Å². The van der Waals surface area contributed by atoms with E-state index in [4.69, 9.17) is 62.5 Å². The molecular weight excluding hydrogens is 1160 g/mol. The molecule has 4 N–H and O–H groups in total. The SMILES string of the molecule is CCCN(OCC)C(=O)C1=Cc2sc(CN3CCN(c4cccc(C(=O)NCCOCCOCCOCCOCCOCCOCCOCCOCCOCCOCCC(=O)Oc5c(F)c(F)c(S(=O)O)c(F)c5F)c4)CC3)cc2N=C(N)C1. The molecule has 1 aromatic heterocycles. The Labute approximate surface area is 493 Å². The highest BCUT2D eigenvalue weighted by atomic mass is 32.2. The minimum Gasteiger partial charge on any atom is -0.420 e. The number of carbonyl (C=O) groups is 3. The summed E-state index contributed by atoms with van der Waals surface area (Å²) in [5.74, 6) is -11.4. The van der Waals surface area contributed by atoms with Crippen molar-refractivity contribution in [3.8, 4) is 5.75 Å². The van der Waals surface area contributed by atoms with Gasteiger partial charge in [-0.05, 0) is 43.7 Å². The number of fused-ring (bicyclic) bond motifs is 1. The van der Waals surface area contributed by atoms with Crippen LogP contribution in [0.3, 0.4) is 0 Å². The van der Waals surface area contributed by atoms with Crippen molar-refractivity contribution in [1.29, 1.82) is 0 Å². The minimum absolute atomic E-state index is 0.0538. The van der Waals surface area contributed by atoms with E-state index in [1.807, 2.05) is 44.2 Å². The largest absolute Gasteiger partial charge is 0.420 e. The molecule has 1 fully saturated rings. The number of halogens is 4. The van der Waals surface area contributed by atoms with Gasteiger partial charge in [0.1, 0.15) is 10.7 Å². The zero-order chi connectivity index (χ0) is 60.3. The summed E-state index contributed by atoms with van der Waals surface area (Å²) in [7, 11) is 0. The smallest absolute Gasteiger partial charge is 0.313 e. The van der Waals surface area contributed by atoms with Crippen LogP contribution in [0.4, 0.5) is 28.9 Å². The summed E-state index contributed by atoms with van der Waals surface area (Å²) in [6, 6.07) is 9.74. The Morgan fingerprint density at radius 3 is 1.69 bits per heavy atom. The predicted octanol–water partition coefficient (Wildman–Crippen LogP) is 5.06. The minimum atomic E-state index is -3.36. The number of carbonyl (C=O) groups excluding carboxylic acids is 3. The topological polar surface area (TPSA) is 259 Å². The number of anilines is 1. The quantitative estimate of drug-likeness (QED) is 0.0127. The van der Waals surface area contributed by atoms with Gasteiger partial charge in [-0.1, -0.05) is 13.0 Å². The van der Waals surface area contributed by atoms with E-state index in [-0.39, 0.29) is 51.3 Å². The second kappa shape index (κ2) is 40.3. The van der Waals surface area contributed by atoms with Crippen molar-refractivity contribution >= 4 is 63.5 Å². The van der Waals surface area contributed by atoms with E-state index in [2.05, 4.69) is 30.9 Å². The zero-order valence-corrected chi connectivity index (χ0v) is 49.2. The molecule has 2 aromatic carbocycles. The lowest BCUT2D eigenvalue weighted by molar-refractivity contribution is -0.180. The fourth-order valence-electron chi connectivity index (χ4n) is 8.00. The van der Waals surface area contributed by atoms with E-state index in [1.54, 1.807) is 11.3 Å². The molecule has 5 rings (SSSR count). The molecule has 23 nitrogen and oxygen atoms in total. The maximum atomic E-state index is 14.0. The van der Waals surface area contributed by atoms with Gasteiger partial charge in [0, 0.05) is 73.9 Å². The van der Waals surface area contributed by atoms with E-state index >= 15 is 0 Å². The Bertz CT molecular complexity index is 2530. The van der Waals surface area contributed by atoms with Crippen molar-refractivity contribution in [3.63, 3.8) is 0 Å². The molecule has 0 bridgehead atoms. The second-order valence-corrected chi connectivity index (χ2v) is 20.4. The van der Waals surface area contributed by atoms with Crippen LogP contribution < -0.4 is 20.7 Å². The Balaban J connectivity index is 0.745. The van der Waals surface area contributed by atoms with Crippen molar-refractivity contribution in [2.45, 2.75) is 44.6 Å². The van der Waals surface area contributed by atoms with Gasteiger partial charge in [0.25, 0.3) is 11.8 Å². The van der Waals surface area contributed by atoms with Crippen molar-refractivity contribution in [2.24, 2.45) is 10.7 Å².